The Balaban J connectivity index is 1.43. The van der Waals surface area contributed by atoms with E-state index in [1.54, 1.807) is 0 Å². The van der Waals surface area contributed by atoms with Crippen LogP contribution in [0.1, 0.15) is 6.42 Å². The quantitative estimate of drug-likeness (QED) is 0.419. The Morgan fingerprint density at radius 2 is 1.53 bits per heavy atom. The van der Waals surface area contributed by atoms with E-state index in [9.17, 15) is 0 Å². The lowest BCUT2D eigenvalue weighted by atomic mass is 10.1. The van der Waals surface area contributed by atoms with E-state index < -0.39 is 0 Å². The summed E-state index contributed by atoms with van der Waals surface area (Å²) in [5.74, 6) is 0. The minimum atomic E-state index is 0.669. The van der Waals surface area contributed by atoms with Gasteiger partial charge in [0.2, 0.25) is 0 Å². The smallest absolute Gasteiger partial charge is 0.0746 e. The van der Waals surface area contributed by atoms with Gasteiger partial charge in [0, 0.05) is 87.6 Å². The van der Waals surface area contributed by atoms with Gasteiger partial charge in [-0.25, -0.2) is 4.98 Å². The van der Waals surface area contributed by atoms with Crippen molar-refractivity contribution < 1.29 is 0 Å². The summed E-state index contributed by atoms with van der Waals surface area (Å²) in [5.41, 5.74) is 13.2. The number of piperazine rings is 2. The molecule has 4 N–H and O–H groups in total. The highest BCUT2D eigenvalue weighted by Crippen LogP contribution is 2.30. The molecule has 8 nitrogen and oxygen atoms in total. The molecule has 0 amide bonds. The van der Waals surface area contributed by atoms with Crippen LogP contribution in [0.2, 0.25) is 0 Å². The van der Waals surface area contributed by atoms with Crippen molar-refractivity contribution >= 4 is 17.1 Å². The van der Waals surface area contributed by atoms with E-state index in [-0.39, 0.29) is 0 Å². The zero-order valence-corrected chi connectivity index (χ0v) is 21.3. The summed E-state index contributed by atoms with van der Waals surface area (Å²) in [6.07, 6.45) is 4.81. The van der Waals surface area contributed by atoms with Gasteiger partial charge in [-0.15, -0.1) is 0 Å². The van der Waals surface area contributed by atoms with E-state index in [0.29, 0.717) is 6.54 Å². The van der Waals surface area contributed by atoms with Gasteiger partial charge in [-0.05, 0) is 50.3 Å². The predicted molar refractivity (Wildman–Crippen MR) is 150 cm³/mol. The fraction of sp³-hybridized carbons (Fsp3) is 0.429. The van der Waals surface area contributed by atoms with E-state index in [4.69, 9.17) is 10.7 Å². The van der Waals surface area contributed by atoms with E-state index >= 15 is 0 Å². The second-order valence-corrected chi connectivity index (χ2v) is 9.70. The van der Waals surface area contributed by atoms with Crippen LogP contribution in [0.5, 0.6) is 0 Å². The number of anilines is 3. The minimum Gasteiger partial charge on any atom is -0.385 e. The van der Waals surface area contributed by atoms with Crippen molar-refractivity contribution in [3.8, 4) is 22.5 Å². The first-order valence-electron chi connectivity index (χ1n) is 13.1. The average molecular weight is 487 g/mol. The zero-order valence-electron chi connectivity index (χ0n) is 21.3. The molecule has 2 aliphatic rings. The molecule has 0 atom stereocenters. The third kappa shape index (κ3) is 5.95. The van der Waals surface area contributed by atoms with Crippen LogP contribution < -0.4 is 26.2 Å². The third-order valence-electron chi connectivity index (χ3n) is 7.07. The van der Waals surface area contributed by atoms with Gasteiger partial charge in [0.15, 0.2) is 0 Å². The molecule has 0 aliphatic carbocycles. The summed E-state index contributed by atoms with van der Waals surface area (Å²) in [6, 6.07) is 15.3. The van der Waals surface area contributed by atoms with E-state index in [1.807, 2.05) is 12.4 Å². The molecule has 36 heavy (non-hydrogen) atoms. The number of nitrogens with two attached hydrogens (primary N) is 1. The molecule has 1 aromatic carbocycles. The second kappa shape index (κ2) is 11.7. The van der Waals surface area contributed by atoms with Gasteiger partial charge < -0.3 is 31.1 Å². The number of aromatic nitrogens is 2. The molecule has 0 radical (unpaired) electrons. The lowest BCUT2D eigenvalue weighted by Crippen LogP contribution is -2.44. The van der Waals surface area contributed by atoms with Gasteiger partial charge in [0.1, 0.15) is 0 Å². The van der Waals surface area contributed by atoms with Crippen LogP contribution in [0.4, 0.5) is 17.1 Å². The monoisotopic (exact) mass is 486 g/mol. The fourth-order valence-corrected chi connectivity index (χ4v) is 4.83. The van der Waals surface area contributed by atoms with Crippen molar-refractivity contribution in [2.75, 3.05) is 87.6 Å². The van der Waals surface area contributed by atoms with Crippen molar-refractivity contribution in [2.24, 2.45) is 5.73 Å². The number of pyridine rings is 2. The Kier molecular flexibility index (Phi) is 7.95. The van der Waals surface area contributed by atoms with E-state index in [1.165, 1.54) is 5.69 Å². The lowest BCUT2D eigenvalue weighted by Gasteiger charge is -2.33. The molecule has 2 saturated heterocycles. The molecule has 2 aromatic heterocycles. The number of hydrogen-bond acceptors (Lipinski definition) is 8. The first-order valence-corrected chi connectivity index (χ1v) is 13.1. The van der Waals surface area contributed by atoms with Crippen LogP contribution in [-0.4, -0.2) is 87.4 Å². The Morgan fingerprint density at radius 1 is 0.833 bits per heavy atom. The number of nitrogens with zero attached hydrogens (tertiary/aromatic N) is 5. The standard InChI is InChI=1S/C28H38N8/c1-34-13-15-36(16-14-34)26-17-23(20-31-21-26)28-19-24(32-8-2-7-29)18-27(33-28)22-3-5-25(6-4-22)35-11-9-30-10-12-35/h3-6,17-21,30H,2,7-16,29H2,1H3,(H,32,33). The van der Waals surface area contributed by atoms with Crippen LogP contribution in [0.15, 0.2) is 54.9 Å². The molecule has 4 heterocycles. The van der Waals surface area contributed by atoms with Crippen molar-refractivity contribution in [3.05, 3.63) is 54.9 Å². The molecule has 0 bridgehead atoms. The van der Waals surface area contributed by atoms with Crippen molar-refractivity contribution in [2.45, 2.75) is 6.42 Å². The number of benzene rings is 1. The van der Waals surface area contributed by atoms with Gasteiger partial charge in [0.25, 0.3) is 0 Å². The summed E-state index contributed by atoms with van der Waals surface area (Å²) in [4.78, 5) is 16.9. The lowest BCUT2D eigenvalue weighted by molar-refractivity contribution is 0.313. The van der Waals surface area contributed by atoms with Crippen molar-refractivity contribution in [1.82, 2.24) is 20.2 Å². The fourth-order valence-electron chi connectivity index (χ4n) is 4.83. The highest BCUT2D eigenvalue weighted by Gasteiger charge is 2.16. The van der Waals surface area contributed by atoms with Gasteiger partial charge in [-0.1, -0.05) is 12.1 Å². The van der Waals surface area contributed by atoms with Crippen molar-refractivity contribution in [1.29, 1.82) is 0 Å². The SMILES string of the molecule is CN1CCN(c2cncc(-c3cc(NCCCN)cc(-c4ccc(N5CCNCC5)cc4)n3)c2)CC1. The summed E-state index contributed by atoms with van der Waals surface area (Å²) < 4.78 is 0. The molecule has 0 unspecified atom stereocenters. The van der Waals surface area contributed by atoms with Gasteiger partial charge in [-0.3, -0.25) is 4.98 Å². The number of nitrogens with one attached hydrogen (secondary N) is 2. The van der Waals surface area contributed by atoms with Crippen LogP contribution >= 0.6 is 0 Å². The Labute approximate surface area is 214 Å². The molecule has 190 valence electrons. The normalized spacial score (nSPS) is 16.8. The molecule has 8 heteroatoms. The maximum absolute atomic E-state index is 5.73. The number of rotatable bonds is 8. The molecule has 0 saturated carbocycles. The highest BCUT2D eigenvalue weighted by molar-refractivity contribution is 5.74. The summed E-state index contributed by atoms with van der Waals surface area (Å²) in [6.45, 7) is 9.81. The first-order chi connectivity index (χ1) is 17.7. The summed E-state index contributed by atoms with van der Waals surface area (Å²) in [7, 11) is 2.18. The van der Waals surface area contributed by atoms with Crippen LogP contribution in [-0.2, 0) is 0 Å². The van der Waals surface area contributed by atoms with E-state index in [2.05, 4.69) is 79.8 Å². The molecule has 5 rings (SSSR count). The van der Waals surface area contributed by atoms with E-state index in [0.717, 1.165) is 99.2 Å². The van der Waals surface area contributed by atoms with Crippen LogP contribution in [0.3, 0.4) is 0 Å². The molecular formula is C28H38N8. The topological polar surface area (TPSA) is 85.6 Å². The Hall–Kier alpha value is -3.20. The number of likely N-dealkylation sites (N-methyl/N-ethyl adjacent to an activating group) is 1. The Morgan fingerprint density at radius 3 is 2.25 bits per heavy atom. The first kappa shape index (κ1) is 24.5. The summed E-state index contributed by atoms with van der Waals surface area (Å²) in [5, 5.41) is 6.96. The second-order valence-electron chi connectivity index (χ2n) is 9.70. The number of hydrogen-bond donors (Lipinski definition) is 3. The average Bonchev–Trinajstić information content (AvgIpc) is 2.94. The molecule has 2 aliphatic heterocycles. The molecular weight excluding hydrogens is 448 g/mol. The van der Waals surface area contributed by atoms with Gasteiger partial charge in [-0.2, -0.15) is 0 Å². The zero-order chi connectivity index (χ0) is 24.7. The third-order valence-corrected chi connectivity index (χ3v) is 7.07. The van der Waals surface area contributed by atoms with Crippen molar-refractivity contribution in [3.63, 3.8) is 0 Å². The largest absolute Gasteiger partial charge is 0.385 e. The predicted octanol–water partition coefficient (Wildman–Crippen LogP) is 2.73. The maximum Gasteiger partial charge on any atom is 0.0746 e. The van der Waals surface area contributed by atoms with Gasteiger partial charge >= 0.3 is 0 Å². The van der Waals surface area contributed by atoms with Crippen LogP contribution in [0, 0.1) is 0 Å². The minimum absolute atomic E-state index is 0.669. The van der Waals surface area contributed by atoms with Gasteiger partial charge in [0.05, 0.1) is 23.3 Å². The molecule has 0 spiro atoms. The highest BCUT2D eigenvalue weighted by atomic mass is 15.2. The summed E-state index contributed by atoms with van der Waals surface area (Å²) >= 11 is 0. The molecule has 2 fully saturated rings. The Bertz CT molecular complexity index is 1120. The molecule has 3 aromatic rings. The van der Waals surface area contributed by atoms with Crippen LogP contribution in [0.25, 0.3) is 22.5 Å². The maximum atomic E-state index is 5.73.